The highest BCUT2D eigenvalue weighted by Crippen LogP contribution is 2.35. The molecule has 5 rings (SSSR count). The molecule has 2 atom stereocenters. The van der Waals surface area contributed by atoms with Gasteiger partial charge in [-0.25, -0.2) is 4.98 Å². The van der Waals surface area contributed by atoms with Crippen LogP contribution in [0.5, 0.6) is 5.75 Å². The van der Waals surface area contributed by atoms with Crippen LogP contribution in [0.15, 0.2) is 73.2 Å². The van der Waals surface area contributed by atoms with Crippen LogP contribution < -0.4 is 21.1 Å². The third-order valence-electron chi connectivity index (χ3n) is 6.99. The molecule has 0 bridgehead atoms. The van der Waals surface area contributed by atoms with Gasteiger partial charge >= 0.3 is 0 Å². The van der Waals surface area contributed by atoms with Crippen molar-refractivity contribution in [1.29, 1.82) is 0 Å². The molecule has 0 saturated carbocycles. The van der Waals surface area contributed by atoms with Crippen LogP contribution in [0.4, 0.5) is 0 Å². The van der Waals surface area contributed by atoms with Gasteiger partial charge in [-0.3, -0.25) is 9.59 Å². The summed E-state index contributed by atoms with van der Waals surface area (Å²) in [4.78, 5) is 29.8. The maximum absolute atomic E-state index is 13.3. The summed E-state index contributed by atoms with van der Waals surface area (Å²) in [5.41, 5.74) is 9.66. The van der Waals surface area contributed by atoms with Gasteiger partial charge in [-0.2, -0.15) is 0 Å². The van der Waals surface area contributed by atoms with E-state index in [1.807, 2.05) is 35.0 Å². The molecule has 0 fully saturated rings. The van der Waals surface area contributed by atoms with Gasteiger partial charge in [0, 0.05) is 48.8 Å². The lowest BCUT2D eigenvalue weighted by Gasteiger charge is -2.28. The summed E-state index contributed by atoms with van der Waals surface area (Å²) < 4.78 is 8.01. The molecule has 11 heteroatoms. The van der Waals surface area contributed by atoms with Gasteiger partial charge in [0.15, 0.2) is 0 Å². The largest absolute Gasteiger partial charge is 0.492 e. The number of para-hydroxylation sites is 1. The number of fused-ring (bicyclic) bond motifs is 1. The summed E-state index contributed by atoms with van der Waals surface area (Å²) in [6, 6.07) is 17.1. The highest BCUT2D eigenvalue weighted by molar-refractivity contribution is 6.42. The Bertz CT molecular complexity index is 1560. The topological polar surface area (TPSA) is 111 Å². The molecule has 0 radical (unpaired) electrons. The second-order valence-corrected chi connectivity index (χ2v) is 11.1. The summed E-state index contributed by atoms with van der Waals surface area (Å²) in [5.74, 6) is -0.566. The molecule has 1 unspecified atom stereocenters. The van der Waals surface area contributed by atoms with E-state index in [0.717, 1.165) is 28.8 Å². The van der Waals surface area contributed by atoms with Crippen LogP contribution in [0.2, 0.25) is 15.1 Å². The van der Waals surface area contributed by atoms with E-state index in [1.54, 1.807) is 42.7 Å². The number of primary amides is 1. The fraction of sp³-hybridized carbons (Fsp3) is 0.233. The molecular formula is C30H28Cl3N5O3. The van der Waals surface area contributed by atoms with Crippen molar-refractivity contribution in [2.45, 2.75) is 38.0 Å². The average Bonchev–Trinajstić information content (AvgIpc) is 3.40. The highest BCUT2D eigenvalue weighted by atomic mass is 35.5. The Morgan fingerprint density at radius 3 is 2.59 bits per heavy atom. The minimum atomic E-state index is -0.896. The Morgan fingerprint density at radius 2 is 1.83 bits per heavy atom. The molecule has 4 N–H and O–H groups in total. The Labute approximate surface area is 252 Å². The van der Waals surface area contributed by atoms with E-state index in [-0.39, 0.29) is 12.5 Å². The lowest BCUT2D eigenvalue weighted by atomic mass is 9.96. The summed E-state index contributed by atoms with van der Waals surface area (Å²) in [6.45, 7) is 1.58. The number of carbonyl (C=O) groups is 2. The van der Waals surface area contributed by atoms with E-state index in [4.69, 9.17) is 45.3 Å². The molecule has 4 aromatic rings. The second-order valence-electron chi connectivity index (χ2n) is 9.81. The van der Waals surface area contributed by atoms with E-state index in [1.165, 1.54) is 0 Å². The molecule has 0 saturated heterocycles. The Balaban J connectivity index is 1.28. The summed E-state index contributed by atoms with van der Waals surface area (Å²) in [5, 5.41) is 7.97. The van der Waals surface area contributed by atoms with E-state index in [9.17, 15) is 9.59 Å². The third kappa shape index (κ3) is 7.02. The van der Waals surface area contributed by atoms with Gasteiger partial charge in [0.1, 0.15) is 11.8 Å². The predicted octanol–water partition coefficient (Wildman–Crippen LogP) is 5.33. The molecule has 1 aliphatic rings. The number of benzene rings is 3. The molecule has 0 aliphatic carbocycles. The predicted molar refractivity (Wildman–Crippen MR) is 160 cm³/mol. The quantitative estimate of drug-likeness (QED) is 0.224. The molecule has 212 valence electrons. The number of ether oxygens (including phenoxy) is 1. The summed E-state index contributed by atoms with van der Waals surface area (Å²) in [6.07, 6.45) is 4.56. The molecule has 1 aliphatic heterocycles. The lowest BCUT2D eigenvalue weighted by Crippen LogP contribution is -2.46. The van der Waals surface area contributed by atoms with Crippen molar-refractivity contribution in [3.8, 4) is 5.75 Å². The number of rotatable bonds is 10. The first-order valence-electron chi connectivity index (χ1n) is 13.0. The molecule has 2 heterocycles. The lowest BCUT2D eigenvalue weighted by molar-refractivity contribution is -0.119. The average molecular weight is 613 g/mol. The summed E-state index contributed by atoms with van der Waals surface area (Å²) in [7, 11) is 0. The van der Waals surface area contributed by atoms with Gasteiger partial charge in [0.05, 0.1) is 34.2 Å². The van der Waals surface area contributed by atoms with Crippen molar-refractivity contribution >= 4 is 46.6 Å². The van der Waals surface area contributed by atoms with Gasteiger partial charge < -0.3 is 25.7 Å². The van der Waals surface area contributed by atoms with Crippen molar-refractivity contribution < 1.29 is 14.3 Å². The number of imidazole rings is 1. The number of nitrogens with two attached hydrogens (primary N) is 1. The van der Waals surface area contributed by atoms with Crippen LogP contribution in [0.25, 0.3) is 0 Å². The number of nitrogens with zero attached hydrogens (tertiary/aromatic N) is 2. The second kappa shape index (κ2) is 13.0. The number of carbonyl (C=O) groups excluding carboxylic acids is 2. The first-order chi connectivity index (χ1) is 19.8. The van der Waals surface area contributed by atoms with Crippen molar-refractivity contribution in [2.75, 3.05) is 6.61 Å². The minimum Gasteiger partial charge on any atom is -0.492 e. The zero-order valence-corrected chi connectivity index (χ0v) is 24.2. The summed E-state index contributed by atoms with van der Waals surface area (Å²) >= 11 is 18.2. The van der Waals surface area contributed by atoms with E-state index < -0.39 is 17.9 Å². The fourth-order valence-corrected chi connectivity index (χ4v) is 5.28. The molecule has 1 aromatic heterocycles. The highest BCUT2D eigenvalue weighted by Gasteiger charge is 2.28. The monoisotopic (exact) mass is 611 g/mol. The maximum Gasteiger partial charge on any atom is 0.255 e. The number of aromatic nitrogens is 2. The van der Waals surface area contributed by atoms with Crippen LogP contribution in [0, 0.1) is 0 Å². The van der Waals surface area contributed by atoms with Crippen molar-refractivity contribution in [1.82, 2.24) is 20.2 Å². The van der Waals surface area contributed by atoms with Crippen LogP contribution in [-0.4, -0.2) is 34.0 Å². The molecule has 0 spiro atoms. The van der Waals surface area contributed by atoms with Crippen LogP contribution in [0.1, 0.15) is 45.2 Å². The van der Waals surface area contributed by atoms with Gasteiger partial charge in [-0.15, -0.1) is 0 Å². The van der Waals surface area contributed by atoms with E-state index in [2.05, 4.69) is 15.6 Å². The van der Waals surface area contributed by atoms with Crippen LogP contribution in [0.3, 0.4) is 0 Å². The third-order valence-corrected chi connectivity index (χ3v) is 7.98. The Hall–Kier alpha value is -3.56. The standard InChI is InChI=1S/C30H28Cl3N5O3/c31-20-7-4-18(5-8-20)13-27(29(34)39)37-30(40)23-3-1-2-22-26(10-11-41-28(22)23)36-15-21-14-35-17-38(21)16-19-6-9-24(32)25(33)12-19/h1-9,12,14,17,26-27,36H,10-11,13,15-16H2,(H2,34,39)(H,37,40)/t26?,27-/m0/s1. The number of hydrogen-bond acceptors (Lipinski definition) is 5. The number of hydrogen-bond donors (Lipinski definition) is 3. The Morgan fingerprint density at radius 1 is 1.05 bits per heavy atom. The fourth-order valence-electron chi connectivity index (χ4n) is 4.83. The van der Waals surface area contributed by atoms with Crippen molar-refractivity contribution in [3.63, 3.8) is 0 Å². The molecule has 8 nitrogen and oxygen atoms in total. The molecule has 2 amide bonds. The van der Waals surface area contributed by atoms with Gasteiger partial charge in [0.25, 0.3) is 5.91 Å². The van der Waals surface area contributed by atoms with Gasteiger partial charge in [0.2, 0.25) is 5.91 Å². The van der Waals surface area contributed by atoms with Gasteiger partial charge in [-0.05, 0) is 41.5 Å². The first-order valence-corrected chi connectivity index (χ1v) is 14.2. The molecular weight excluding hydrogens is 585 g/mol. The first kappa shape index (κ1) is 29.0. The van der Waals surface area contributed by atoms with Gasteiger partial charge in [-0.1, -0.05) is 65.1 Å². The van der Waals surface area contributed by atoms with E-state index in [0.29, 0.717) is 46.1 Å². The zero-order valence-electron chi connectivity index (χ0n) is 21.9. The smallest absolute Gasteiger partial charge is 0.255 e. The maximum atomic E-state index is 13.3. The normalized spacial score (nSPS) is 15.0. The minimum absolute atomic E-state index is 0.0548. The number of amides is 2. The van der Waals surface area contributed by atoms with Crippen molar-refractivity contribution in [3.05, 3.63) is 116 Å². The van der Waals surface area contributed by atoms with Crippen molar-refractivity contribution in [2.24, 2.45) is 5.73 Å². The van der Waals surface area contributed by atoms with E-state index >= 15 is 0 Å². The molecule has 3 aromatic carbocycles. The number of halogens is 3. The van der Waals surface area contributed by atoms with Crippen LogP contribution >= 0.6 is 34.8 Å². The zero-order chi connectivity index (χ0) is 28.9. The number of nitrogens with one attached hydrogen (secondary N) is 2. The van der Waals surface area contributed by atoms with Crippen LogP contribution in [-0.2, 0) is 24.3 Å². The Kier molecular flexibility index (Phi) is 9.15. The molecule has 41 heavy (non-hydrogen) atoms. The SMILES string of the molecule is NC(=O)[C@H](Cc1ccc(Cl)cc1)NC(=O)c1cccc2c1OCCC2NCc1cncn1Cc1ccc(Cl)c(Cl)c1.